The van der Waals surface area contributed by atoms with Crippen molar-refractivity contribution in [3.63, 3.8) is 0 Å². The van der Waals surface area contributed by atoms with E-state index in [0.717, 1.165) is 0 Å². The lowest BCUT2D eigenvalue weighted by molar-refractivity contribution is -0.384. The monoisotopic (exact) mass is 241 g/mol. The van der Waals surface area contributed by atoms with Gasteiger partial charge in [-0.3, -0.25) is 10.1 Å². The lowest BCUT2D eigenvalue weighted by Gasteiger charge is -1.99. The largest absolute Gasteiger partial charge is 1.00 e. The topological polar surface area (TPSA) is 80.5 Å². The summed E-state index contributed by atoms with van der Waals surface area (Å²) in [6.45, 7) is 3.62. The predicted octanol–water partition coefficient (Wildman–Crippen LogP) is -0.352. The zero-order chi connectivity index (χ0) is 11.3. The van der Waals surface area contributed by atoms with E-state index < -0.39 is 4.92 Å². The van der Waals surface area contributed by atoms with E-state index in [1.165, 1.54) is 24.3 Å². The number of benzene rings is 1. The van der Waals surface area contributed by atoms with E-state index in [9.17, 15) is 10.1 Å². The molecule has 0 fully saturated rings. The van der Waals surface area contributed by atoms with Gasteiger partial charge in [0.25, 0.3) is 5.69 Å². The zero-order valence-corrected chi connectivity index (χ0v) is 8.92. The van der Waals surface area contributed by atoms with Crippen LogP contribution in [0.3, 0.4) is 0 Å². The van der Waals surface area contributed by atoms with E-state index in [1.807, 2.05) is 0 Å². The predicted molar refractivity (Wildman–Crippen MR) is 53.5 cm³/mol. The van der Waals surface area contributed by atoms with Crippen LogP contribution in [0.5, 0.6) is 5.75 Å². The second-order valence-corrected chi connectivity index (χ2v) is 2.61. The van der Waals surface area contributed by atoms with Crippen LogP contribution in [0.1, 0.15) is 0 Å². The number of halogens is 1. The smallest absolute Gasteiger partial charge is 0.426 e. The molecule has 0 heterocycles. The second kappa shape index (κ2) is 6.37. The van der Waals surface area contributed by atoms with Crippen molar-refractivity contribution in [1.82, 2.24) is 0 Å². The Morgan fingerprint density at radius 1 is 1.62 bits per heavy atom. The van der Waals surface area contributed by atoms with Gasteiger partial charge >= 0.3 is 5.69 Å². The molecule has 0 aliphatic carbocycles. The first-order chi connectivity index (χ1) is 7.19. The molecule has 84 valence electrons. The Morgan fingerprint density at radius 2 is 2.31 bits per heavy atom. The summed E-state index contributed by atoms with van der Waals surface area (Å²) < 4.78 is 5.09. The molecule has 0 N–H and O–H groups in total. The minimum Gasteiger partial charge on any atom is -1.00 e. The van der Waals surface area contributed by atoms with E-state index in [1.54, 1.807) is 0 Å². The molecule has 0 saturated carbocycles. The van der Waals surface area contributed by atoms with Crippen LogP contribution in [0.25, 0.3) is 4.98 Å². The molecule has 16 heavy (non-hydrogen) atoms. The van der Waals surface area contributed by atoms with Crippen molar-refractivity contribution in [3.8, 4) is 5.75 Å². The highest BCUT2D eigenvalue weighted by atomic mass is 35.5. The molecule has 6 nitrogen and oxygen atoms in total. The van der Waals surface area contributed by atoms with Crippen molar-refractivity contribution < 1.29 is 22.1 Å². The van der Waals surface area contributed by atoms with Gasteiger partial charge in [-0.05, 0) is 0 Å². The number of nitrogens with zero attached hydrogens (tertiary/aromatic N) is 3. The highest BCUT2D eigenvalue weighted by molar-refractivity contribution is 5.61. The van der Waals surface area contributed by atoms with Gasteiger partial charge in [0, 0.05) is 12.1 Å². The molecule has 0 aliphatic rings. The summed E-state index contributed by atoms with van der Waals surface area (Å²) in [6, 6.07) is 3.73. The fourth-order valence-corrected chi connectivity index (χ4v) is 0.963. The summed E-state index contributed by atoms with van der Waals surface area (Å²) in [5.74, 6) is 0.145. The van der Waals surface area contributed by atoms with Gasteiger partial charge in [0.1, 0.15) is 6.61 Å². The molecule has 0 amide bonds. The molecule has 0 atom stereocenters. The first-order valence-electron chi connectivity index (χ1n) is 4.06. The molecule has 1 aromatic rings. The van der Waals surface area contributed by atoms with Crippen molar-refractivity contribution in [1.29, 1.82) is 5.39 Å². The van der Waals surface area contributed by atoms with Crippen LogP contribution in [0.4, 0.5) is 11.4 Å². The van der Waals surface area contributed by atoms with Crippen molar-refractivity contribution in [3.05, 3.63) is 45.9 Å². The highest BCUT2D eigenvalue weighted by Crippen LogP contribution is 2.31. The average Bonchev–Trinajstić information content (AvgIpc) is 2.25. The van der Waals surface area contributed by atoms with E-state index >= 15 is 0 Å². The fraction of sp³-hybridized carbons (Fsp3) is 0.111. The molecule has 0 radical (unpaired) electrons. The summed E-state index contributed by atoms with van der Waals surface area (Å²) in [5.41, 5.74) is 0.0175. The summed E-state index contributed by atoms with van der Waals surface area (Å²) in [7, 11) is 0. The lowest BCUT2D eigenvalue weighted by Crippen LogP contribution is -3.00. The summed E-state index contributed by atoms with van der Waals surface area (Å²) >= 11 is 0. The normalized spacial score (nSPS) is 8.44. The van der Waals surface area contributed by atoms with E-state index in [4.69, 9.17) is 10.1 Å². The van der Waals surface area contributed by atoms with Crippen LogP contribution in [0.15, 0.2) is 30.9 Å². The maximum absolute atomic E-state index is 10.5. The van der Waals surface area contributed by atoms with Crippen LogP contribution in [-0.4, -0.2) is 11.5 Å². The molecule has 7 heteroatoms. The van der Waals surface area contributed by atoms with Gasteiger partial charge in [-0.2, -0.15) is 0 Å². The number of hydrogen-bond acceptors (Lipinski definition) is 4. The molecular formula is C9H8ClN3O3. The van der Waals surface area contributed by atoms with Crippen molar-refractivity contribution in [2.45, 2.75) is 0 Å². The Hall–Kier alpha value is -2.13. The van der Waals surface area contributed by atoms with Crippen molar-refractivity contribution >= 4 is 11.4 Å². The van der Waals surface area contributed by atoms with Crippen molar-refractivity contribution in [2.24, 2.45) is 0 Å². The molecule has 0 aromatic heterocycles. The minimum atomic E-state index is -0.554. The van der Waals surface area contributed by atoms with Crippen LogP contribution < -0.4 is 17.1 Å². The van der Waals surface area contributed by atoms with Gasteiger partial charge in [0.05, 0.1) is 11.0 Å². The molecule has 0 bridgehead atoms. The molecule has 0 spiro atoms. The highest BCUT2D eigenvalue weighted by Gasteiger charge is 2.19. The number of non-ortho nitro benzene ring substituents is 1. The third kappa shape index (κ3) is 3.22. The summed E-state index contributed by atoms with van der Waals surface area (Å²) in [5, 5.41) is 19.1. The second-order valence-electron chi connectivity index (χ2n) is 2.61. The Morgan fingerprint density at radius 3 is 2.81 bits per heavy atom. The molecule has 0 aliphatic heterocycles. The quantitative estimate of drug-likeness (QED) is 0.312. The number of ether oxygens (including phenoxy) is 1. The van der Waals surface area contributed by atoms with Gasteiger partial charge in [-0.25, -0.2) is 0 Å². The van der Waals surface area contributed by atoms with Crippen molar-refractivity contribution in [2.75, 3.05) is 6.61 Å². The van der Waals surface area contributed by atoms with Gasteiger partial charge < -0.3 is 17.1 Å². The SMILES string of the molecule is C=CCOc1cc([N+](=O)[O-])ccc1[N+]#N.[Cl-]. The third-order valence-corrected chi connectivity index (χ3v) is 1.62. The van der Waals surface area contributed by atoms with Gasteiger partial charge in [0.15, 0.2) is 4.98 Å². The Balaban J connectivity index is 0.00000225. The third-order valence-electron chi connectivity index (χ3n) is 1.62. The maximum atomic E-state index is 10.5. The number of hydrogen-bond donors (Lipinski definition) is 0. The first kappa shape index (κ1) is 13.9. The number of rotatable bonds is 4. The standard InChI is InChI=1S/C9H8N3O3.ClH/c1-2-5-15-9-6-7(12(13)14)3-4-8(9)11-10;/h2-4,6H,1,5H2;1H/q+1;/p-1. The Kier molecular flexibility index (Phi) is 5.52. The van der Waals surface area contributed by atoms with E-state index in [0.29, 0.717) is 0 Å². The lowest BCUT2D eigenvalue weighted by atomic mass is 10.2. The molecule has 0 unspecified atom stereocenters. The maximum Gasteiger partial charge on any atom is 0.426 e. The molecule has 0 saturated heterocycles. The van der Waals surface area contributed by atoms with E-state index in [2.05, 4.69) is 11.6 Å². The zero-order valence-electron chi connectivity index (χ0n) is 8.17. The van der Waals surface area contributed by atoms with Crippen LogP contribution in [0, 0.1) is 15.5 Å². The van der Waals surface area contributed by atoms with Crippen LogP contribution in [-0.2, 0) is 0 Å². The van der Waals surface area contributed by atoms with E-state index in [-0.39, 0.29) is 36.1 Å². The minimum absolute atomic E-state index is 0. The molecule has 1 aromatic carbocycles. The summed E-state index contributed by atoms with van der Waals surface area (Å²) in [6.07, 6.45) is 1.49. The van der Waals surface area contributed by atoms with Gasteiger partial charge in [0.2, 0.25) is 11.1 Å². The number of diazo groups is 1. The molecular weight excluding hydrogens is 234 g/mol. The molecule has 1 rings (SSSR count). The first-order valence-corrected chi connectivity index (χ1v) is 4.06. The Bertz CT molecular complexity index is 442. The number of nitro benzene ring substituents is 1. The van der Waals surface area contributed by atoms with Gasteiger partial charge in [-0.15, -0.1) is 0 Å². The average molecular weight is 242 g/mol. The van der Waals surface area contributed by atoms with Crippen LogP contribution >= 0.6 is 0 Å². The Labute approximate surface area is 97.7 Å². The summed E-state index contributed by atoms with van der Waals surface area (Å²) in [4.78, 5) is 12.9. The van der Waals surface area contributed by atoms with Crippen LogP contribution in [0.2, 0.25) is 0 Å². The fourth-order valence-electron chi connectivity index (χ4n) is 0.963. The number of nitro groups is 1. The van der Waals surface area contributed by atoms with Gasteiger partial charge in [-0.1, -0.05) is 12.7 Å².